The largest absolute Gasteiger partial charge is 0.376 e. The molecule has 6 heteroatoms. The van der Waals surface area contributed by atoms with Gasteiger partial charge >= 0.3 is 0 Å². The molecule has 0 radical (unpaired) electrons. The van der Waals surface area contributed by atoms with E-state index in [1.807, 2.05) is 0 Å². The summed E-state index contributed by atoms with van der Waals surface area (Å²) in [6, 6.07) is 1.71. The van der Waals surface area contributed by atoms with Crippen molar-refractivity contribution in [2.75, 3.05) is 32.1 Å². The van der Waals surface area contributed by atoms with E-state index in [2.05, 4.69) is 22.2 Å². The summed E-state index contributed by atoms with van der Waals surface area (Å²) in [5, 5.41) is 3.22. The van der Waals surface area contributed by atoms with Crippen LogP contribution in [0, 0.1) is 0 Å². The van der Waals surface area contributed by atoms with Crippen LogP contribution in [0.5, 0.6) is 0 Å². The lowest BCUT2D eigenvalue weighted by atomic mass is 10.2. The molecule has 0 spiro atoms. The first-order valence-electron chi connectivity index (χ1n) is 7.63. The normalized spacial score (nSPS) is 17.7. The van der Waals surface area contributed by atoms with E-state index in [1.165, 1.54) is 6.33 Å². The third kappa shape index (κ3) is 4.67. The van der Waals surface area contributed by atoms with Crippen LogP contribution in [0.1, 0.15) is 43.1 Å². The molecule has 0 aromatic carbocycles. The van der Waals surface area contributed by atoms with Crippen LogP contribution >= 0.6 is 0 Å². The summed E-state index contributed by atoms with van der Waals surface area (Å²) in [5.74, 6) is 0.610. The van der Waals surface area contributed by atoms with Crippen LogP contribution in [0.25, 0.3) is 0 Å². The number of carbonyl (C=O) groups is 1. The Morgan fingerprint density at radius 1 is 1.52 bits per heavy atom. The fourth-order valence-electron chi connectivity index (χ4n) is 2.29. The molecule has 21 heavy (non-hydrogen) atoms. The van der Waals surface area contributed by atoms with Crippen LogP contribution in [-0.4, -0.2) is 53.6 Å². The summed E-state index contributed by atoms with van der Waals surface area (Å²) in [4.78, 5) is 22.2. The topological polar surface area (TPSA) is 67.4 Å². The molecule has 1 aromatic rings. The van der Waals surface area contributed by atoms with Crippen LogP contribution in [-0.2, 0) is 4.74 Å². The number of hydrogen-bond acceptors (Lipinski definition) is 5. The smallest absolute Gasteiger partial charge is 0.272 e. The van der Waals surface area contributed by atoms with E-state index in [4.69, 9.17) is 4.74 Å². The van der Waals surface area contributed by atoms with Crippen molar-refractivity contribution in [3.05, 3.63) is 18.1 Å². The van der Waals surface area contributed by atoms with Gasteiger partial charge in [-0.15, -0.1) is 0 Å². The van der Waals surface area contributed by atoms with Crippen LogP contribution < -0.4 is 5.32 Å². The third-order valence-corrected chi connectivity index (χ3v) is 3.61. The van der Waals surface area contributed by atoms with Crippen LogP contribution in [0.15, 0.2) is 12.4 Å². The summed E-state index contributed by atoms with van der Waals surface area (Å²) < 4.78 is 5.55. The van der Waals surface area contributed by atoms with Crippen molar-refractivity contribution in [3.63, 3.8) is 0 Å². The Morgan fingerprint density at radius 2 is 2.38 bits per heavy atom. The second-order valence-electron chi connectivity index (χ2n) is 5.38. The van der Waals surface area contributed by atoms with Gasteiger partial charge in [0.1, 0.15) is 17.8 Å². The molecule has 1 atom stereocenters. The monoisotopic (exact) mass is 292 g/mol. The maximum absolute atomic E-state index is 12.2. The number of nitrogens with one attached hydrogen (secondary N) is 1. The lowest BCUT2D eigenvalue weighted by Crippen LogP contribution is -2.28. The Bertz CT molecular complexity index is 461. The quantitative estimate of drug-likeness (QED) is 0.832. The predicted octanol–water partition coefficient (Wildman–Crippen LogP) is 1.94. The highest BCUT2D eigenvalue weighted by Gasteiger charge is 2.16. The Labute approximate surface area is 125 Å². The van der Waals surface area contributed by atoms with Gasteiger partial charge in [-0.1, -0.05) is 13.3 Å². The number of anilines is 1. The van der Waals surface area contributed by atoms with Crippen LogP contribution in [0.2, 0.25) is 0 Å². The first-order chi connectivity index (χ1) is 10.2. The molecule has 1 saturated heterocycles. The van der Waals surface area contributed by atoms with Crippen molar-refractivity contribution in [1.29, 1.82) is 0 Å². The number of amides is 1. The van der Waals surface area contributed by atoms with E-state index in [0.717, 1.165) is 45.4 Å². The second-order valence-corrected chi connectivity index (χ2v) is 5.38. The molecule has 116 valence electrons. The summed E-state index contributed by atoms with van der Waals surface area (Å²) in [7, 11) is 1.81. The van der Waals surface area contributed by atoms with Crippen LogP contribution in [0.3, 0.4) is 0 Å². The third-order valence-electron chi connectivity index (χ3n) is 3.61. The zero-order valence-corrected chi connectivity index (χ0v) is 12.8. The Hall–Kier alpha value is -1.69. The highest BCUT2D eigenvalue weighted by molar-refractivity contribution is 5.92. The minimum atomic E-state index is -0.0639. The van der Waals surface area contributed by atoms with Gasteiger partial charge in [-0.25, -0.2) is 9.97 Å². The highest BCUT2D eigenvalue weighted by Crippen LogP contribution is 2.13. The molecule has 2 rings (SSSR count). The molecule has 1 aliphatic rings. The minimum absolute atomic E-state index is 0.0639. The summed E-state index contributed by atoms with van der Waals surface area (Å²) in [6.45, 7) is 4.41. The molecule has 1 N–H and O–H groups in total. The predicted molar refractivity (Wildman–Crippen MR) is 81.4 cm³/mol. The number of ether oxygens (including phenoxy) is 1. The molecule has 1 unspecified atom stereocenters. The number of carbonyl (C=O) groups excluding carboxylic acids is 1. The van der Waals surface area contributed by atoms with Crippen molar-refractivity contribution in [2.45, 2.75) is 38.7 Å². The molecule has 0 bridgehead atoms. The fourth-order valence-corrected chi connectivity index (χ4v) is 2.29. The van der Waals surface area contributed by atoms with Gasteiger partial charge in [-0.3, -0.25) is 4.79 Å². The van der Waals surface area contributed by atoms with E-state index in [0.29, 0.717) is 11.5 Å². The molecule has 0 aliphatic carbocycles. The zero-order chi connectivity index (χ0) is 15.1. The van der Waals surface area contributed by atoms with Crippen molar-refractivity contribution in [1.82, 2.24) is 14.9 Å². The first-order valence-corrected chi connectivity index (χ1v) is 7.63. The van der Waals surface area contributed by atoms with Gasteiger partial charge < -0.3 is 15.0 Å². The molecule has 1 fully saturated rings. The van der Waals surface area contributed by atoms with Crippen LogP contribution in [0.4, 0.5) is 5.82 Å². The van der Waals surface area contributed by atoms with Gasteiger partial charge in [-0.2, -0.15) is 0 Å². The van der Waals surface area contributed by atoms with Crippen molar-refractivity contribution >= 4 is 11.7 Å². The van der Waals surface area contributed by atoms with E-state index in [1.54, 1.807) is 18.0 Å². The average molecular weight is 292 g/mol. The molecule has 1 aliphatic heterocycles. The Morgan fingerprint density at radius 3 is 3.10 bits per heavy atom. The molecule has 0 saturated carbocycles. The number of nitrogens with zero attached hydrogens (tertiary/aromatic N) is 3. The fraction of sp³-hybridized carbons (Fsp3) is 0.667. The number of aromatic nitrogens is 2. The van der Waals surface area contributed by atoms with Gasteiger partial charge in [0.15, 0.2) is 0 Å². The second kappa shape index (κ2) is 7.93. The maximum atomic E-state index is 12.2. The zero-order valence-electron chi connectivity index (χ0n) is 12.8. The standard InChI is InChI=1S/C15H24N4O2/c1-3-4-7-19(2)15(20)13-9-14(18-11-17-13)16-10-12-6-5-8-21-12/h9,11-12H,3-8,10H2,1-2H3,(H,16,17,18). The highest BCUT2D eigenvalue weighted by atomic mass is 16.5. The van der Waals surface area contributed by atoms with Gasteiger partial charge in [0.25, 0.3) is 5.91 Å². The van der Waals surface area contributed by atoms with Gasteiger partial charge in [0, 0.05) is 32.8 Å². The van der Waals surface area contributed by atoms with Crippen molar-refractivity contribution < 1.29 is 9.53 Å². The molecular weight excluding hydrogens is 268 g/mol. The van der Waals surface area contributed by atoms with E-state index in [-0.39, 0.29) is 12.0 Å². The van der Waals surface area contributed by atoms with E-state index >= 15 is 0 Å². The summed E-state index contributed by atoms with van der Waals surface area (Å²) in [6.07, 6.45) is 5.92. The average Bonchev–Trinajstić information content (AvgIpc) is 3.03. The van der Waals surface area contributed by atoms with Crippen molar-refractivity contribution in [3.8, 4) is 0 Å². The maximum Gasteiger partial charge on any atom is 0.272 e. The molecular formula is C15H24N4O2. The first kappa shape index (κ1) is 15.7. The SMILES string of the molecule is CCCCN(C)C(=O)c1cc(NCC2CCCO2)ncn1. The van der Waals surface area contributed by atoms with Gasteiger partial charge in [0.05, 0.1) is 6.10 Å². The lowest BCUT2D eigenvalue weighted by molar-refractivity contribution is 0.0787. The van der Waals surface area contributed by atoms with Gasteiger partial charge in [-0.05, 0) is 19.3 Å². The van der Waals surface area contributed by atoms with E-state index in [9.17, 15) is 4.79 Å². The van der Waals surface area contributed by atoms with E-state index < -0.39 is 0 Å². The Kier molecular flexibility index (Phi) is 5.92. The Balaban J connectivity index is 1.91. The number of unbranched alkanes of at least 4 members (excludes halogenated alkanes) is 1. The lowest BCUT2D eigenvalue weighted by Gasteiger charge is -2.16. The minimum Gasteiger partial charge on any atom is -0.376 e. The van der Waals surface area contributed by atoms with Crippen molar-refractivity contribution in [2.24, 2.45) is 0 Å². The summed E-state index contributed by atoms with van der Waals surface area (Å²) >= 11 is 0. The molecule has 2 heterocycles. The molecule has 1 aromatic heterocycles. The molecule has 1 amide bonds. The molecule has 6 nitrogen and oxygen atoms in total. The van der Waals surface area contributed by atoms with Gasteiger partial charge in [0.2, 0.25) is 0 Å². The number of rotatable bonds is 7. The number of hydrogen-bond donors (Lipinski definition) is 1. The summed E-state index contributed by atoms with van der Waals surface area (Å²) in [5.41, 5.74) is 0.429.